The van der Waals surface area contributed by atoms with E-state index in [1.54, 1.807) is 32.0 Å². The second-order valence-electron chi connectivity index (χ2n) is 7.78. The Morgan fingerprint density at radius 3 is 2.26 bits per heavy atom. The number of aryl methyl sites for hydroxylation is 1. The smallest absolute Gasteiger partial charge is 0.338 e. The Labute approximate surface area is 205 Å². The van der Waals surface area contributed by atoms with Gasteiger partial charge in [-0.25, -0.2) is 13.2 Å². The molecular weight excluding hydrogens is 468 g/mol. The maximum absolute atomic E-state index is 13.2. The zero-order valence-corrected chi connectivity index (χ0v) is 20.6. The number of esters is 1. The van der Waals surface area contributed by atoms with E-state index in [9.17, 15) is 18.0 Å². The van der Waals surface area contributed by atoms with Crippen LogP contribution >= 0.6 is 0 Å². The van der Waals surface area contributed by atoms with Crippen molar-refractivity contribution in [2.45, 2.75) is 31.2 Å². The van der Waals surface area contributed by atoms with E-state index < -0.39 is 27.9 Å². The lowest BCUT2D eigenvalue weighted by molar-refractivity contribution is -0.117. The quantitative estimate of drug-likeness (QED) is 0.414. The van der Waals surface area contributed by atoms with Crippen LogP contribution in [-0.4, -0.2) is 40.1 Å². The van der Waals surface area contributed by atoms with Crippen molar-refractivity contribution < 1.29 is 27.5 Å². The van der Waals surface area contributed by atoms with Crippen molar-refractivity contribution in [3.63, 3.8) is 0 Å². The maximum Gasteiger partial charge on any atom is 0.338 e. The summed E-state index contributed by atoms with van der Waals surface area (Å²) < 4.78 is 39.0. The van der Waals surface area contributed by atoms with E-state index in [0.717, 1.165) is 5.56 Å². The molecule has 1 atom stereocenters. The van der Waals surface area contributed by atoms with Crippen LogP contribution in [0.25, 0.3) is 0 Å². The zero-order valence-electron chi connectivity index (χ0n) is 19.8. The SMILES string of the molecule is CCOC(=O)c1ccc(NC(=O)[C@H](Cc2ccccc2)NS(=O)(=O)c2ccc(OC)c(C)c2)cc1. The molecule has 9 heteroatoms. The van der Waals surface area contributed by atoms with Gasteiger partial charge in [0, 0.05) is 5.69 Å². The van der Waals surface area contributed by atoms with Crippen LogP contribution in [0.15, 0.2) is 77.7 Å². The number of carbonyl (C=O) groups excluding carboxylic acids is 2. The minimum absolute atomic E-state index is 0.0282. The van der Waals surface area contributed by atoms with Gasteiger partial charge in [-0.15, -0.1) is 0 Å². The van der Waals surface area contributed by atoms with Crippen molar-refractivity contribution >= 4 is 27.6 Å². The van der Waals surface area contributed by atoms with Gasteiger partial charge in [-0.05, 0) is 73.9 Å². The molecule has 0 saturated heterocycles. The highest BCUT2D eigenvalue weighted by Crippen LogP contribution is 2.22. The van der Waals surface area contributed by atoms with E-state index in [2.05, 4.69) is 10.0 Å². The van der Waals surface area contributed by atoms with Gasteiger partial charge in [0.2, 0.25) is 15.9 Å². The summed E-state index contributed by atoms with van der Waals surface area (Å²) in [4.78, 5) is 25.0. The fourth-order valence-corrected chi connectivity index (χ4v) is 4.72. The Balaban J connectivity index is 1.83. The molecule has 3 aromatic carbocycles. The number of hydrogen-bond acceptors (Lipinski definition) is 6. The van der Waals surface area contributed by atoms with E-state index in [4.69, 9.17) is 9.47 Å². The first kappa shape index (κ1) is 25.9. The summed E-state index contributed by atoms with van der Waals surface area (Å²) in [5, 5.41) is 2.73. The van der Waals surface area contributed by atoms with Crippen molar-refractivity contribution in [3.8, 4) is 5.75 Å². The molecule has 1 amide bonds. The summed E-state index contributed by atoms with van der Waals surface area (Å²) in [7, 11) is -2.51. The van der Waals surface area contributed by atoms with Gasteiger partial charge in [0.25, 0.3) is 0 Å². The predicted octanol–water partition coefficient (Wildman–Crippen LogP) is 3.71. The van der Waals surface area contributed by atoms with Gasteiger partial charge >= 0.3 is 5.97 Å². The normalized spacial score (nSPS) is 12.0. The summed E-state index contributed by atoms with van der Waals surface area (Å²) in [5.74, 6) is -0.435. The maximum atomic E-state index is 13.2. The molecule has 35 heavy (non-hydrogen) atoms. The van der Waals surface area contributed by atoms with Gasteiger partial charge in [0.1, 0.15) is 11.8 Å². The topological polar surface area (TPSA) is 111 Å². The third-order valence-corrected chi connectivity index (χ3v) is 6.71. The molecule has 3 aromatic rings. The Morgan fingerprint density at radius 2 is 1.66 bits per heavy atom. The van der Waals surface area contributed by atoms with Crippen LogP contribution < -0.4 is 14.8 Å². The average molecular weight is 497 g/mol. The van der Waals surface area contributed by atoms with E-state index in [1.165, 1.54) is 31.4 Å². The first-order valence-electron chi connectivity index (χ1n) is 11.0. The largest absolute Gasteiger partial charge is 0.496 e. The molecule has 3 rings (SSSR count). The Hall–Kier alpha value is -3.69. The number of ether oxygens (including phenoxy) is 2. The van der Waals surface area contributed by atoms with E-state index in [0.29, 0.717) is 22.6 Å². The van der Waals surface area contributed by atoms with Gasteiger partial charge in [-0.2, -0.15) is 4.72 Å². The van der Waals surface area contributed by atoms with Crippen LogP contribution in [0.1, 0.15) is 28.4 Å². The minimum Gasteiger partial charge on any atom is -0.496 e. The van der Waals surface area contributed by atoms with Gasteiger partial charge < -0.3 is 14.8 Å². The molecule has 0 spiro atoms. The minimum atomic E-state index is -4.02. The van der Waals surface area contributed by atoms with Gasteiger partial charge in [0.05, 0.1) is 24.2 Å². The van der Waals surface area contributed by atoms with E-state index in [-0.39, 0.29) is 17.9 Å². The molecule has 0 aliphatic heterocycles. The van der Waals surface area contributed by atoms with Crippen LogP contribution in [0.5, 0.6) is 5.75 Å². The first-order valence-corrected chi connectivity index (χ1v) is 12.5. The number of rotatable bonds is 10. The number of nitrogens with one attached hydrogen (secondary N) is 2. The van der Waals surface area contributed by atoms with Crippen LogP contribution in [0, 0.1) is 6.92 Å². The van der Waals surface area contributed by atoms with Crippen LogP contribution in [0.3, 0.4) is 0 Å². The molecule has 0 aromatic heterocycles. The third kappa shape index (κ3) is 6.91. The fourth-order valence-electron chi connectivity index (χ4n) is 3.44. The van der Waals surface area contributed by atoms with E-state index >= 15 is 0 Å². The number of sulfonamides is 1. The van der Waals surface area contributed by atoms with Crippen molar-refractivity contribution in [1.29, 1.82) is 0 Å². The summed E-state index contributed by atoms with van der Waals surface area (Å²) in [6.45, 7) is 3.71. The molecule has 2 N–H and O–H groups in total. The number of methoxy groups -OCH3 is 1. The molecular formula is C26H28N2O6S. The summed E-state index contributed by atoms with van der Waals surface area (Å²) in [6.07, 6.45) is 0.141. The van der Waals surface area contributed by atoms with Crippen molar-refractivity contribution in [2.24, 2.45) is 0 Å². The molecule has 0 heterocycles. The molecule has 184 valence electrons. The zero-order chi connectivity index (χ0) is 25.4. The summed E-state index contributed by atoms with van der Waals surface area (Å²) >= 11 is 0. The van der Waals surface area contributed by atoms with E-state index in [1.807, 2.05) is 30.3 Å². The monoisotopic (exact) mass is 496 g/mol. The lowest BCUT2D eigenvalue weighted by atomic mass is 10.1. The molecule has 0 fully saturated rings. The summed E-state index contributed by atoms with van der Waals surface area (Å²) in [6, 6.07) is 18.7. The number of carbonyl (C=O) groups is 2. The molecule has 0 aliphatic carbocycles. The second kappa shape index (κ2) is 11.6. The Kier molecular flexibility index (Phi) is 8.62. The highest BCUT2D eigenvalue weighted by molar-refractivity contribution is 7.89. The van der Waals surface area contributed by atoms with Crippen LogP contribution in [-0.2, 0) is 26.0 Å². The van der Waals surface area contributed by atoms with Crippen LogP contribution in [0.2, 0.25) is 0 Å². The molecule has 0 bridgehead atoms. The molecule has 0 saturated carbocycles. The highest BCUT2D eigenvalue weighted by Gasteiger charge is 2.27. The summed E-state index contributed by atoms with van der Waals surface area (Å²) in [5.41, 5.74) is 2.21. The van der Waals surface area contributed by atoms with Gasteiger partial charge in [0.15, 0.2) is 0 Å². The standard InChI is InChI=1S/C26H28N2O6S/c1-4-34-26(30)20-10-12-21(13-11-20)27-25(29)23(17-19-8-6-5-7-9-19)28-35(31,32)22-14-15-24(33-3)18(2)16-22/h5-16,23,28H,4,17H2,1-3H3,(H,27,29)/t23-/m0/s1. The number of hydrogen-bond donors (Lipinski definition) is 2. The molecule has 8 nitrogen and oxygen atoms in total. The van der Waals surface area contributed by atoms with Gasteiger partial charge in [-0.1, -0.05) is 30.3 Å². The number of benzene rings is 3. The Bertz CT molecular complexity index is 1270. The lowest BCUT2D eigenvalue weighted by Crippen LogP contribution is -2.45. The predicted molar refractivity (Wildman–Crippen MR) is 133 cm³/mol. The Morgan fingerprint density at radius 1 is 0.971 bits per heavy atom. The third-order valence-electron chi connectivity index (χ3n) is 5.24. The average Bonchev–Trinajstić information content (AvgIpc) is 2.84. The van der Waals surface area contributed by atoms with Crippen molar-refractivity contribution in [2.75, 3.05) is 19.0 Å². The van der Waals surface area contributed by atoms with Crippen molar-refractivity contribution in [1.82, 2.24) is 4.72 Å². The first-order chi connectivity index (χ1) is 16.7. The molecule has 0 aliphatic rings. The van der Waals surface area contributed by atoms with Crippen LogP contribution in [0.4, 0.5) is 5.69 Å². The van der Waals surface area contributed by atoms with Gasteiger partial charge in [-0.3, -0.25) is 4.79 Å². The number of amides is 1. The lowest BCUT2D eigenvalue weighted by Gasteiger charge is -2.19. The molecule has 0 radical (unpaired) electrons. The highest BCUT2D eigenvalue weighted by atomic mass is 32.2. The number of anilines is 1. The fraction of sp³-hybridized carbons (Fsp3) is 0.231. The van der Waals surface area contributed by atoms with Crippen molar-refractivity contribution in [3.05, 3.63) is 89.5 Å². The molecule has 0 unspecified atom stereocenters. The second-order valence-corrected chi connectivity index (χ2v) is 9.50.